The van der Waals surface area contributed by atoms with Crippen LogP contribution in [0, 0.1) is 11.3 Å². The van der Waals surface area contributed by atoms with Gasteiger partial charge in [-0.3, -0.25) is 0 Å². The number of hydrogen-bond donors (Lipinski definition) is 2. The first-order valence-electron chi connectivity index (χ1n) is 8.56. The fourth-order valence-electron chi connectivity index (χ4n) is 2.99. The van der Waals surface area contributed by atoms with Gasteiger partial charge in [-0.25, -0.2) is 0 Å². The standard InChI is InChI=1S/C20H17ClN6/c21-16-8-6-14(7-9-16)11-23-19-18-20(26-17(10-22)25-19)27(13-24-18)12-15-4-2-1-3-5-15/h1-9,24H,11-13H2,(H,23,25,26). The highest BCUT2D eigenvalue weighted by Crippen LogP contribution is 2.36. The molecule has 2 aromatic carbocycles. The molecule has 1 aliphatic heterocycles. The third-order valence-electron chi connectivity index (χ3n) is 4.33. The summed E-state index contributed by atoms with van der Waals surface area (Å²) in [5, 5.41) is 16.7. The second-order valence-electron chi connectivity index (χ2n) is 6.20. The second kappa shape index (κ2) is 7.52. The summed E-state index contributed by atoms with van der Waals surface area (Å²) in [5.74, 6) is 1.51. The SMILES string of the molecule is N#Cc1nc(NCc2ccc(Cl)cc2)c2c(n1)N(Cc1ccccc1)CN2. The van der Waals surface area contributed by atoms with Crippen LogP contribution >= 0.6 is 11.6 Å². The first kappa shape index (κ1) is 17.1. The van der Waals surface area contributed by atoms with E-state index >= 15 is 0 Å². The highest BCUT2D eigenvalue weighted by molar-refractivity contribution is 6.30. The summed E-state index contributed by atoms with van der Waals surface area (Å²) in [6.45, 7) is 1.90. The lowest BCUT2D eigenvalue weighted by molar-refractivity contribution is 0.853. The predicted molar refractivity (Wildman–Crippen MR) is 107 cm³/mol. The molecule has 0 spiro atoms. The van der Waals surface area contributed by atoms with Gasteiger partial charge in [0.15, 0.2) is 11.6 Å². The maximum Gasteiger partial charge on any atom is 0.236 e. The molecule has 0 radical (unpaired) electrons. The second-order valence-corrected chi connectivity index (χ2v) is 6.64. The number of nitrogens with one attached hydrogen (secondary N) is 2. The molecule has 2 heterocycles. The maximum atomic E-state index is 9.33. The van der Waals surface area contributed by atoms with Gasteiger partial charge in [-0.05, 0) is 23.3 Å². The van der Waals surface area contributed by atoms with Gasteiger partial charge in [0.25, 0.3) is 0 Å². The van der Waals surface area contributed by atoms with Crippen molar-refractivity contribution in [3.8, 4) is 6.07 Å². The van der Waals surface area contributed by atoms with E-state index in [0.29, 0.717) is 30.6 Å². The van der Waals surface area contributed by atoms with E-state index in [2.05, 4.69) is 43.7 Å². The molecule has 1 aromatic heterocycles. The van der Waals surface area contributed by atoms with Crippen LogP contribution in [0.4, 0.5) is 17.3 Å². The maximum absolute atomic E-state index is 9.33. The van der Waals surface area contributed by atoms with Gasteiger partial charge in [-0.1, -0.05) is 54.1 Å². The molecule has 7 heteroatoms. The van der Waals surface area contributed by atoms with Crippen LogP contribution < -0.4 is 15.5 Å². The van der Waals surface area contributed by atoms with Crippen molar-refractivity contribution >= 4 is 28.9 Å². The molecule has 6 nitrogen and oxygen atoms in total. The zero-order valence-electron chi connectivity index (χ0n) is 14.5. The average molecular weight is 377 g/mol. The first-order valence-corrected chi connectivity index (χ1v) is 8.94. The van der Waals surface area contributed by atoms with Gasteiger partial charge in [-0.2, -0.15) is 15.2 Å². The quantitative estimate of drug-likeness (QED) is 0.700. The Bertz CT molecular complexity index is 982. The van der Waals surface area contributed by atoms with Crippen LogP contribution in [0.15, 0.2) is 54.6 Å². The summed E-state index contributed by atoms with van der Waals surface area (Å²) in [5.41, 5.74) is 3.07. The third kappa shape index (κ3) is 3.78. The summed E-state index contributed by atoms with van der Waals surface area (Å²) in [7, 11) is 0. The lowest BCUT2D eigenvalue weighted by Gasteiger charge is -2.17. The van der Waals surface area contributed by atoms with Crippen LogP contribution in [0.2, 0.25) is 5.02 Å². The Kier molecular flexibility index (Phi) is 4.77. The number of benzene rings is 2. The Balaban J connectivity index is 1.58. The highest BCUT2D eigenvalue weighted by atomic mass is 35.5. The van der Waals surface area contributed by atoms with Crippen molar-refractivity contribution in [2.24, 2.45) is 0 Å². The van der Waals surface area contributed by atoms with Crippen molar-refractivity contribution in [1.29, 1.82) is 5.26 Å². The van der Waals surface area contributed by atoms with Gasteiger partial charge in [0.05, 0.1) is 6.67 Å². The molecule has 1 aliphatic rings. The van der Waals surface area contributed by atoms with E-state index < -0.39 is 0 Å². The molecule has 3 aromatic rings. The van der Waals surface area contributed by atoms with E-state index in [9.17, 15) is 5.26 Å². The summed E-state index contributed by atoms with van der Waals surface area (Å²) < 4.78 is 0. The molecule has 0 amide bonds. The van der Waals surface area contributed by atoms with Crippen LogP contribution in [-0.4, -0.2) is 16.6 Å². The van der Waals surface area contributed by atoms with Crippen molar-refractivity contribution in [2.45, 2.75) is 13.1 Å². The van der Waals surface area contributed by atoms with Crippen molar-refractivity contribution < 1.29 is 0 Å². The lowest BCUT2D eigenvalue weighted by Crippen LogP contribution is -2.22. The number of anilines is 3. The molecule has 0 saturated heterocycles. The number of hydrogen-bond acceptors (Lipinski definition) is 6. The smallest absolute Gasteiger partial charge is 0.236 e. The monoisotopic (exact) mass is 376 g/mol. The van der Waals surface area contributed by atoms with E-state index in [-0.39, 0.29) is 5.82 Å². The Hall–Kier alpha value is -3.30. The van der Waals surface area contributed by atoms with Gasteiger partial charge in [0.2, 0.25) is 5.82 Å². The predicted octanol–water partition coefficient (Wildman–Crippen LogP) is 4.00. The first-order chi connectivity index (χ1) is 13.2. The fourth-order valence-corrected chi connectivity index (χ4v) is 3.12. The molecule has 134 valence electrons. The Morgan fingerprint density at radius 1 is 1.07 bits per heavy atom. The molecule has 0 unspecified atom stereocenters. The van der Waals surface area contributed by atoms with Crippen LogP contribution in [0.1, 0.15) is 17.0 Å². The minimum absolute atomic E-state index is 0.147. The molecule has 0 atom stereocenters. The zero-order chi connectivity index (χ0) is 18.6. The Labute approximate surface area is 162 Å². The minimum atomic E-state index is 0.147. The number of fused-ring (bicyclic) bond motifs is 1. The molecule has 4 rings (SSSR count). The summed E-state index contributed by atoms with van der Waals surface area (Å²) >= 11 is 5.94. The van der Waals surface area contributed by atoms with Crippen molar-refractivity contribution in [3.63, 3.8) is 0 Å². The van der Waals surface area contributed by atoms with Crippen LogP contribution in [0.3, 0.4) is 0 Å². The molecular formula is C20H17ClN6. The number of nitrogens with zero attached hydrogens (tertiary/aromatic N) is 4. The molecule has 0 aliphatic carbocycles. The fraction of sp³-hybridized carbons (Fsp3) is 0.150. The van der Waals surface area contributed by atoms with Crippen LogP contribution in [0.25, 0.3) is 0 Å². The van der Waals surface area contributed by atoms with E-state index in [4.69, 9.17) is 11.6 Å². The largest absolute Gasteiger partial charge is 0.364 e. The summed E-state index contributed by atoms with van der Waals surface area (Å²) in [6.07, 6.45) is 0. The summed E-state index contributed by atoms with van der Waals surface area (Å²) in [6, 6.07) is 19.8. The number of aromatic nitrogens is 2. The number of nitriles is 1. The van der Waals surface area contributed by atoms with Gasteiger partial charge in [0, 0.05) is 18.1 Å². The van der Waals surface area contributed by atoms with Gasteiger partial charge < -0.3 is 15.5 Å². The minimum Gasteiger partial charge on any atom is -0.364 e. The topological polar surface area (TPSA) is 76.9 Å². The molecule has 0 saturated carbocycles. The zero-order valence-corrected chi connectivity index (χ0v) is 15.2. The average Bonchev–Trinajstić information content (AvgIpc) is 3.11. The lowest BCUT2D eigenvalue weighted by atomic mass is 10.2. The third-order valence-corrected chi connectivity index (χ3v) is 4.58. The van der Waals surface area contributed by atoms with Crippen LogP contribution in [0.5, 0.6) is 0 Å². The molecule has 0 bridgehead atoms. The van der Waals surface area contributed by atoms with Gasteiger partial charge in [0.1, 0.15) is 11.8 Å². The number of rotatable bonds is 5. The Morgan fingerprint density at radius 3 is 2.59 bits per heavy atom. The molecule has 27 heavy (non-hydrogen) atoms. The highest BCUT2D eigenvalue weighted by Gasteiger charge is 2.25. The molecule has 0 fully saturated rings. The van der Waals surface area contributed by atoms with Gasteiger partial charge in [-0.15, -0.1) is 0 Å². The van der Waals surface area contributed by atoms with Gasteiger partial charge >= 0.3 is 0 Å². The van der Waals surface area contributed by atoms with E-state index in [1.54, 1.807) is 0 Å². The summed E-state index contributed by atoms with van der Waals surface area (Å²) in [4.78, 5) is 10.8. The van der Waals surface area contributed by atoms with E-state index in [1.807, 2.05) is 42.5 Å². The Morgan fingerprint density at radius 2 is 1.85 bits per heavy atom. The van der Waals surface area contributed by atoms with E-state index in [0.717, 1.165) is 17.1 Å². The van der Waals surface area contributed by atoms with Crippen molar-refractivity contribution in [2.75, 3.05) is 22.2 Å². The van der Waals surface area contributed by atoms with Crippen LogP contribution in [-0.2, 0) is 13.1 Å². The van der Waals surface area contributed by atoms with Crippen molar-refractivity contribution in [3.05, 3.63) is 76.6 Å². The molecule has 2 N–H and O–H groups in total. The number of halogens is 1. The normalized spacial score (nSPS) is 12.2. The van der Waals surface area contributed by atoms with E-state index in [1.165, 1.54) is 5.56 Å². The van der Waals surface area contributed by atoms with Crippen molar-refractivity contribution in [1.82, 2.24) is 9.97 Å². The molecular weight excluding hydrogens is 360 g/mol.